The van der Waals surface area contributed by atoms with Gasteiger partial charge in [-0.3, -0.25) is 4.79 Å². The van der Waals surface area contributed by atoms with Crippen LogP contribution in [-0.4, -0.2) is 18.7 Å². The van der Waals surface area contributed by atoms with Crippen molar-refractivity contribution < 1.29 is 22.7 Å². The minimum atomic E-state index is -4.45. The summed E-state index contributed by atoms with van der Waals surface area (Å²) in [5.41, 5.74) is 3.48. The number of halogens is 6. The molecule has 0 aliphatic heterocycles. The van der Waals surface area contributed by atoms with E-state index >= 15 is 0 Å². The smallest absolute Gasteiger partial charge is 0.416 e. The fraction of sp³-hybridized carbons (Fsp3) is 0.130. The van der Waals surface area contributed by atoms with Gasteiger partial charge in [-0.1, -0.05) is 29.8 Å². The third-order valence-corrected chi connectivity index (χ3v) is 6.22. The Labute approximate surface area is 226 Å². The van der Waals surface area contributed by atoms with Gasteiger partial charge in [-0.15, -0.1) is 0 Å². The van der Waals surface area contributed by atoms with Crippen LogP contribution in [0.1, 0.15) is 16.7 Å². The Morgan fingerprint density at radius 3 is 2.38 bits per heavy atom. The SMILES string of the molecule is O=C(CNc1cccc(C(F)(F)F)c1)N/N=C\c1cc(I)c(OCc2ccc(Cl)cc2)c(I)c1. The number of benzene rings is 3. The number of ether oxygens (including phenoxy) is 1. The molecule has 0 unspecified atom stereocenters. The molecule has 11 heteroatoms. The molecule has 0 heterocycles. The highest BCUT2D eigenvalue weighted by atomic mass is 127. The first-order chi connectivity index (χ1) is 16.1. The summed E-state index contributed by atoms with van der Waals surface area (Å²) in [6, 6.07) is 15.7. The van der Waals surface area contributed by atoms with Crippen molar-refractivity contribution in [2.45, 2.75) is 12.8 Å². The van der Waals surface area contributed by atoms with Crippen LogP contribution >= 0.6 is 56.8 Å². The molecule has 0 saturated heterocycles. The number of amides is 1. The molecule has 3 rings (SSSR count). The van der Waals surface area contributed by atoms with Crippen molar-refractivity contribution in [2.24, 2.45) is 5.10 Å². The quantitative estimate of drug-likeness (QED) is 0.155. The molecule has 5 nitrogen and oxygen atoms in total. The molecule has 0 spiro atoms. The van der Waals surface area contributed by atoms with Crippen molar-refractivity contribution in [1.82, 2.24) is 5.43 Å². The fourth-order valence-electron chi connectivity index (χ4n) is 2.73. The predicted octanol–water partition coefficient (Wildman–Crippen LogP) is 6.71. The molecule has 3 aromatic rings. The minimum absolute atomic E-state index is 0.187. The molecule has 1 amide bonds. The Hall–Kier alpha value is -2.06. The molecule has 0 aromatic heterocycles. The van der Waals surface area contributed by atoms with Gasteiger partial charge in [-0.25, -0.2) is 5.43 Å². The van der Waals surface area contributed by atoms with E-state index in [1.54, 1.807) is 12.1 Å². The van der Waals surface area contributed by atoms with E-state index in [2.05, 4.69) is 61.0 Å². The standard InChI is InChI=1S/C23H17ClF3I2N3O2/c24-17-6-4-14(5-7-17)13-34-22-19(28)8-15(9-20(22)29)11-31-32-21(33)12-30-18-3-1-2-16(10-18)23(25,26)27/h1-11,30H,12-13H2,(H,32,33)/b31-11-. The van der Waals surface area contributed by atoms with Gasteiger partial charge in [0.1, 0.15) is 12.4 Å². The van der Waals surface area contributed by atoms with Gasteiger partial charge in [0, 0.05) is 10.7 Å². The number of nitrogens with one attached hydrogen (secondary N) is 2. The van der Waals surface area contributed by atoms with E-state index in [4.69, 9.17) is 16.3 Å². The lowest BCUT2D eigenvalue weighted by Crippen LogP contribution is -2.26. The second-order valence-corrected chi connectivity index (χ2v) is 9.71. The van der Waals surface area contributed by atoms with Crippen LogP contribution in [-0.2, 0) is 17.6 Å². The van der Waals surface area contributed by atoms with E-state index in [0.717, 1.165) is 36.1 Å². The van der Waals surface area contributed by atoms with Gasteiger partial charge in [-0.2, -0.15) is 18.3 Å². The summed E-state index contributed by atoms with van der Waals surface area (Å²) in [6.45, 7) is 0.163. The molecule has 0 atom stereocenters. The van der Waals surface area contributed by atoms with Crippen LogP contribution in [0.4, 0.5) is 18.9 Å². The Morgan fingerprint density at radius 1 is 1.06 bits per heavy atom. The van der Waals surface area contributed by atoms with E-state index < -0.39 is 17.6 Å². The molecular weight excluding hydrogens is 697 g/mol. The number of hydrazone groups is 1. The van der Waals surface area contributed by atoms with Gasteiger partial charge in [0.15, 0.2) is 0 Å². The highest BCUT2D eigenvalue weighted by Gasteiger charge is 2.30. The summed E-state index contributed by atoms with van der Waals surface area (Å²) in [5, 5.41) is 7.23. The summed E-state index contributed by atoms with van der Waals surface area (Å²) >= 11 is 10.2. The maximum Gasteiger partial charge on any atom is 0.416 e. The molecule has 0 radical (unpaired) electrons. The molecule has 0 fully saturated rings. The zero-order valence-corrected chi connectivity index (χ0v) is 22.4. The molecule has 34 heavy (non-hydrogen) atoms. The highest BCUT2D eigenvalue weighted by Crippen LogP contribution is 2.31. The number of carbonyl (C=O) groups is 1. The van der Waals surface area contributed by atoms with Crippen molar-refractivity contribution in [3.05, 3.63) is 89.5 Å². The first-order valence-corrected chi connectivity index (χ1v) is 12.2. The summed E-state index contributed by atoms with van der Waals surface area (Å²) in [6.07, 6.45) is -2.97. The maximum atomic E-state index is 12.8. The summed E-state index contributed by atoms with van der Waals surface area (Å²) in [4.78, 5) is 12.0. The van der Waals surface area contributed by atoms with Crippen LogP contribution in [0.25, 0.3) is 0 Å². The number of alkyl halides is 3. The average molecular weight is 714 g/mol. The zero-order chi connectivity index (χ0) is 24.7. The fourth-order valence-corrected chi connectivity index (χ4v) is 4.99. The Morgan fingerprint density at radius 2 is 1.74 bits per heavy atom. The number of rotatable bonds is 8. The first kappa shape index (κ1) is 26.5. The summed E-state index contributed by atoms with van der Waals surface area (Å²) in [5.74, 6) is 0.239. The molecule has 3 aromatic carbocycles. The van der Waals surface area contributed by atoms with Crippen LogP contribution in [0.2, 0.25) is 5.02 Å². The third kappa shape index (κ3) is 8.01. The lowest BCUT2D eigenvalue weighted by atomic mass is 10.2. The van der Waals surface area contributed by atoms with Crippen molar-refractivity contribution in [1.29, 1.82) is 0 Å². The van der Waals surface area contributed by atoms with Crippen LogP contribution in [0.15, 0.2) is 65.8 Å². The summed E-state index contributed by atoms with van der Waals surface area (Å²) < 4.78 is 46.0. The monoisotopic (exact) mass is 713 g/mol. The van der Waals surface area contributed by atoms with Crippen molar-refractivity contribution in [3.63, 3.8) is 0 Å². The molecular formula is C23H17ClF3I2N3O2. The van der Waals surface area contributed by atoms with Crippen LogP contribution in [0.3, 0.4) is 0 Å². The second-order valence-electron chi connectivity index (χ2n) is 6.95. The van der Waals surface area contributed by atoms with Gasteiger partial charge in [0.2, 0.25) is 0 Å². The van der Waals surface area contributed by atoms with E-state index in [1.165, 1.54) is 18.3 Å². The maximum absolute atomic E-state index is 12.8. The van der Waals surface area contributed by atoms with E-state index in [1.807, 2.05) is 24.3 Å². The third-order valence-electron chi connectivity index (χ3n) is 4.36. The Kier molecular flexibility index (Phi) is 9.42. The van der Waals surface area contributed by atoms with Crippen molar-refractivity contribution in [2.75, 3.05) is 11.9 Å². The highest BCUT2D eigenvalue weighted by molar-refractivity contribution is 14.1. The molecule has 2 N–H and O–H groups in total. The molecule has 0 saturated carbocycles. The van der Waals surface area contributed by atoms with Crippen molar-refractivity contribution >= 4 is 74.6 Å². The average Bonchev–Trinajstić information content (AvgIpc) is 2.78. The van der Waals surface area contributed by atoms with E-state index in [9.17, 15) is 18.0 Å². The predicted molar refractivity (Wildman–Crippen MR) is 143 cm³/mol. The molecule has 0 aliphatic carbocycles. The normalized spacial score (nSPS) is 11.5. The zero-order valence-electron chi connectivity index (χ0n) is 17.3. The number of hydrogen-bond acceptors (Lipinski definition) is 4. The topological polar surface area (TPSA) is 62.7 Å². The Bertz CT molecular complexity index is 1170. The minimum Gasteiger partial charge on any atom is -0.487 e. The van der Waals surface area contributed by atoms with E-state index in [-0.39, 0.29) is 12.2 Å². The van der Waals surface area contributed by atoms with Crippen LogP contribution in [0.5, 0.6) is 5.75 Å². The van der Waals surface area contributed by atoms with Gasteiger partial charge in [0.05, 0.1) is 25.5 Å². The number of anilines is 1. The van der Waals surface area contributed by atoms with E-state index in [0.29, 0.717) is 11.6 Å². The van der Waals surface area contributed by atoms with Gasteiger partial charge in [0.25, 0.3) is 5.91 Å². The van der Waals surface area contributed by atoms with Gasteiger partial charge >= 0.3 is 6.18 Å². The van der Waals surface area contributed by atoms with Crippen LogP contribution in [0, 0.1) is 7.14 Å². The number of nitrogens with zero attached hydrogens (tertiary/aromatic N) is 1. The first-order valence-electron chi connectivity index (χ1n) is 9.71. The number of carbonyl (C=O) groups excluding carboxylic acids is 1. The summed E-state index contributed by atoms with van der Waals surface area (Å²) in [7, 11) is 0. The molecule has 0 aliphatic rings. The van der Waals surface area contributed by atoms with Gasteiger partial charge in [-0.05, 0) is 98.8 Å². The second kappa shape index (κ2) is 12.1. The largest absolute Gasteiger partial charge is 0.487 e. The van der Waals surface area contributed by atoms with Crippen molar-refractivity contribution in [3.8, 4) is 5.75 Å². The molecule has 178 valence electrons. The molecule has 0 bridgehead atoms. The Balaban J connectivity index is 1.53. The van der Waals surface area contributed by atoms with Crippen LogP contribution < -0.4 is 15.5 Å². The lowest BCUT2D eigenvalue weighted by molar-refractivity contribution is -0.137. The number of hydrogen-bond donors (Lipinski definition) is 2. The van der Waals surface area contributed by atoms with Gasteiger partial charge < -0.3 is 10.1 Å². The lowest BCUT2D eigenvalue weighted by Gasteiger charge is -2.11.